The molecular weight excluding hydrogens is 284 g/mol. The van der Waals surface area contributed by atoms with Crippen LogP contribution in [-0.4, -0.2) is 23.9 Å². The fourth-order valence-corrected chi connectivity index (χ4v) is 2.46. The summed E-state index contributed by atoms with van der Waals surface area (Å²) in [6.45, 7) is 6.06. The molecule has 1 aromatic carbocycles. The number of carbonyl (C=O) groups excluding carboxylic acids is 1. The Labute approximate surface area is 130 Å². The summed E-state index contributed by atoms with van der Waals surface area (Å²) in [5.74, 6) is 0.0634. The first-order valence-corrected chi connectivity index (χ1v) is 7.55. The molecule has 4 heteroatoms. The molecule has 0 aliphatic rings. The number of halogens is 1. The Kier molecular flexibility index (Phi) is 5.34. The molecule has 0 aliphatic carbocycles. The lowest BCUT2D eigenvalue weighted by Gasteiger charge is -2.17. The SMILES string of the molecule is CCN(CC)C(=O)c1ccc[n+](Cc2ccccc2Cl)c1. The smallest absolute Gasteiger partial charge is 0.259 e. The second kappa shape index (κ2) is 7.23. The second-order valence-corrected chi connectivity index (χ2v) is 5.24. The molecule has 0 saturated carbocycles. The Morgan fingerprint density at radius 1 is 1.14 bits per heavy atom. The first-order chi connectivity index (χ1) is 10.2. The summed E-state index contributed by atoms with van der Waals surface area (Å²) in [4.78, 5) is 14.2. The molecule has 0 atom stereocenters. The number of carbonyl (C=O) groups is 1. The Hall–Kier alpha value is -1.87. The van der Waals surface area contributed by atoms with Crippen LogP contribution in [0.2, 0.25) is 5.02 Å². The molecule has 1 amide bonds. The van der Waals surface area contributed by atoms with Crippen LogP contribution in [0.25, 0.3) is 0 Å². The normalized spacial score (nSPS) is 10.4. The molecular formula is C17H20ClN2O+. The third-order valence-corrected chi connectivity index (χ3v) is 3.84. The molecule has 2 rings (SSSR count). The molecule has 0 radical (unpaired) electrons. The first kappa shape index (κ1) is 15.5. The van der Waals surface area contributed by atoms with Gasteiger partial charge in [0.05, 0.1) is 5.02 Å². The van der Waals surface area contributed by atoms with Gasteiger partial charge in [-0.3, -0.25) is 4.79 Å². The maximum Gasteiger partial charge on any atom is 0.259 e. The van der Waals surface area contributed by atoms with Crippen LogP contribution in [0, 0.1) is 0 Å². The van der Waals surface area contributed by atoms with E-state index in [-0.39, 0.29) is 5.91 Å². The Balaban J connectivity index is 2.22. The topological polar surface area (TPSA) is 24.2 Å². The summed E-state index contributed by atoms with van der Waals surface area (Å²) < 4.78 is 1.98. The lowest BCUT2D eigenvalue weighted by atomic mass is 10.2. The van der Waals surface area contributed by atoms with Gasteiger partial charge in [0.2, 0.25) is 0 Å². The van der Waals surface area contributed by atoms with Crippen LogP contribution in [0.15, 0.2) is 48.8 Å². The minimum absolute atomic E-state index is 0.0634. The van der Waals surface area contributed by atoms with E-state index in [2.05, 4.69) is 0 Å². The number of rotatable bonds is 5. The predicted molar refractivity (Wildman–Crippen MR) is 84.4 cm³/mol. The highest BCUT2D eigenvalue weighted by molar-refractivity contribution is 6.31. The van der Waals surface area contributed by atoms with Crippen molar-refractivity contribution in [3.8, 4) is 0 Å². The molecule has 3 nitrogen and oxygen atoms in total. The number of benzene rings is 1. The van der Waals surface area contributed by atoms with Gasteiger partial charge in [-0.05, 0) is 26.0 Å². The Morgan fingerprint density at radius 3 is 2.52 bits per heavy atom. The average Bonchev–Trinajstić information content (AvgIpc) is 2.51. The maximum absolute atomic E-state index is 12.4. The molecule has 0 spiro atoms. The quantitative estimate of drug-likeness (QED) is 0.779. The zero-order valence-corrected chi connectivity index (χ0v) is 13.2. The van der Waals surface area contributed by atoms with Gasteiger partial charge in [0.25, 0.3) is 5.91 Å². The van der Waals surface area contributed by atoms with Gasteiger partial charge < -0.3 is 4.90 Å². The van der Waals surface area contributed by atoms with Crippen LogP contribution >= 0.6 is 11.6 Å². The van der Waals surface area contributed by atoms with Crippen LogP contribution in [0.5, 0.6) is 0 Å². The van der Waals surface area contributed by atoms with Gasteiger partial charge in [-0.25, -0.2) is 0 Å². The predicted octanol–water partition coefficient (Wildman–Crippen LogP) is 3.16. The van der Waals surface area contributed by atoms with Gasteiger partial charge in [-0.1, -0.05) is 29.8 Å². The van der Waals surface area contributed by atoms with Crippen molar-refractivity contribution in [2.24, 2.45) is 0 Å². The molecule has 0 unspecified atom stereocenters. The summed E-state index contributed by atoms with van der Waals surface area (Å²) in [5, 5.41) is 0.741. The van der Waals surface area contributed by atoms with Gasteiger partial charge in [0.1, 0.15) is 5.56 Å². The third-order valence-electron chi connectivity index (χ3n) is 3.47. The van der Waals surface area contributed by atoms with Crippen LogP contribution in [0.4, 0.5) is 0 Å². The van der Waals surface area contributed by atoms with Crippen LogP contribution in [0.3, 0.4) is 0 Å². The van der Waals surface area contributed by atoms with Gasteiger partial charge in [-0.2, -0.15) is 4.57 Å². The monoisotopic (exact) mass is 303 g/mol. The van der Waals surface area contributed by atoms with E-state index in [1.807, 2.05) is 72.1 Å². The highest BCUT2D eigenvalue weighted by atomic mass is 35.5. The van der Waals surface area contributed by atoms with Crippen molar-refractivity contribution in [1.29, 1.82) is 0 Å². The largest absolute Gasteiger partial charge is 0.339 e. The molecule has 21 heavy (non-hydrogen) atoms. The lowest BCUT2D eigenvalue weighted by Crippen LogP contribution is -2.37. The lowest BCUT2D eigenvalue weighted by molar-refractivity contribution is -0.688. The summed E-state index contributed by atoms with van der Waals surface area (Å²) in [6.07, 6.45) is 3.83. The van der Waals surface area contributed by atoms with E-state index in [1.54, 1.807) is 0 Å². The third kappa shape index (κ3) is 3.82. The standard InChI is InChI=1S/C17H20ClN2O/c1-3-20(4-2)17(21)15-9-7-11-19(13-15)12-14-8-5-6-10-16(14)18/h5-11,13H,3-4,12H2,1-2H3/q+1. The van der Waals surface area contributed by atoms with Crippen molar-refractivity contribution in [1.82, 2.24) is 4.90 Å². The number of hydrogen-bond donors (Lipinski definition) is 0. The number of nitrogens with zero attached hydrogens (tertiary/aromatic N) is 2. The van der Waals surface area contributed by atoms with Gasteiger partial charge >= 0.3 is 0 Å². The van der Waals surface area contributed by atoms with E-state index in [4.69, 9.17) is 11.6 Å². The fourth-order valence-electron chi connectivity index (χ4n) is 2.26. The Morgan fingerprint density at radius 2 is 1.86 bits per heavy atom. The Bertz CT molecular complexity index is 624. The van der Waals surface area contributed by atoms with Gasteiger partial charge in [0, 0.05) is 24.7 Å². The van der Waals surface area contributed by atoms with Crippen molar-refractivity contribution in [3.05, 3.63) is 64.9 Å². The number of pyridine rings is 1. The van der Waals surface area contributed by atoms with Crippen molar-refractivity contribution in [2.75, 3.05) is 13.1 Å². The number of hydrogen-bond acceptors (Lipinski definition) is 1. The van der Waals surface area contributed by atoms with E-state index in [9.17, 15) is 4.79 Å². The summed E-state index contributed by atoms with van der Waals surface area (Å²) >= 11 is 6.18. The van der Waals surface area contributed by atoms with Gasteiger partial charge in [0.15, 0.2) is 18.9 Å². The van der Waals surface area contributed by atoms with Gasteiger partial charge in [-0.15, -0.1) is 0 Å². The van der Waals surface area contributed by atoms with Crippen molar-refractivity contribution < 1.29 is 9.36 Å². The van der Waals surface area contributed by atoms with Crippen molar-refractivity contribution in [2.45, 2.75) is 20.4 Å². The average molecular weight is 304 g/mol. The highest BCUT2D eigenvalue weighted by Gasteiger charge is 2.16. The molecule has 0 saturated heterocycles. The molecule has 0 N–H and O–H groups in total. The van der Waals surface area contributed by atoms with Crippen molar-refractivity contribution >= 4 is 17.5 Å². The van der Waals surface area contributed by atoms with Crippen LogP contribution < -0.4 is 4.57 Å². The molecule has 2 aromatic rings. The zero-order chi connectivity index (χ0) is 15.2. The molecule has 0 bridgehead atoms. The minimum atomic E-state index is 0.0634. The van der Waals surface area contributed by atoms with E-state index < -0.39 is 0 Å². The summed E-state index contributed by atoms with van der Waals surface area (Å²) in [6, 6.07) is 11.5. The molecule has 0 fully saturated rings. The minimum Gasteiger partial charge on any atom is -0.339 e. The fraction of sp³-hybridized carbons (Fsp3) is 0.294. The first-order valence-electron chi connectivity index (χ1n) is 7.17. The molecule has 110 valence electrons. The second-order valence-electron chi connectivity index (χ2n) is 4.83. The molecule has 1 heterocycles. The van der Waals surface area contributed by atoms with Crippen LogP contribution in [0.1, 0.15) is 29.8 Å². The van der Waals surface area contributed by atoms with E-state index >= 15 is 0 Å². The molecule has 0 aliphatic heterocycles. The zero-order valence-electron chi connectivity index (χ0n) is 12.4. The summed E-state index contributed by atoms with van der Waals surface area (Å²) in [7, 11) is 0. The van der Waals surface area contributed by atoms with E-state index in [1.165, 1.54) is 0 Å². The number of amides is 1. The summed E-state index contributed by atoms with van der Waals surface area (Å²) in [5.41, 5.74) is 1.74. The number of aromatic nitrogens is 1. The molecule has 1 aromatic heterocycles. The van der Waals surface area contributed by atoms with Crippen LogP contribution in [-0.2, 0) is 6.54 Å². The maximum atomic E-state index is 12.4. The van der Waals surface area contributed by atoms with E-state index in [0.717, 1.165) is 23.7 Å². The highest BCUT2D eigenvalue weighted by Crippen LogP contribution is 2.14. The van der Waals surface area contributed by atoms with Crippen molar-refractivity contribution in [3.63, 3.8) is 0 Å². The van der Waals surface area contributed by atoms with E-state index in [0.29, 0.717) is 12.1 Å².